The Morgan fingerprint density at radius 3 is 2.15 bits per heavy atom. The molecular weight excluding hydrogens is 510 g/mol. The maximum Gasteiger partial charge on any atom is 0.407 e. The average Bonchev–Trinajstić information content (AvgIpc) is 2.86. The van der Waals surface area contributed by atoms with Gasteiger partial charge in [-0.1, -0.05) is 63.2 Å². The van der Waals surface area contributed by atoms with Crippen molar-refractivity contribution in [2.45, 2.75) is 51.9 Å². The van der Waals surface area contributed by atoms with Crippen LogP contribution in [0.4, 0.5) is 15.3 Å². The molecule has 0 radical (unpaired) electrons. The first kappa shape index (κ1) is 31.0. The van der Waals surface area contributed by atoms with Gasteiger partial charge in [0.25, 0.3) is 11.6 Å². The van der Waals surface area contributed by atoms with Crippen molar-refractivity contribution in [1.29, 1.82) is 0 Å². The summed E-state index contributed by atoms with van der Waals surface area (Å²) in [6.45, 7) is 5.04. The number of non-ortho nitro benzene ring substituents is 1. The minimum absolute atomic E-state index is 0.0149. The van der Waals surface area contributed by atoms with E-state index in [4.69, 9.17) is 0 Å². The lowest BCUT2D eigenvalue weighted by Crippen LogP contribution is -2.59. The van der Waals surface area contributed by atoms with Crippen molar-refractivity contribution in [3.63, 3.8) is 0 Å². The third kappa shape index (κ3) is 10.2. The fraction of sp³-hybridized carbons (Fsp3) is 0.423. The standard InChI is InChI=1S/C26H35N5O8/c1-26(2,3)22(28-25(36)39-4)23(33)29-30(15-18-10-12-19(13-11-18)31(37)38)16-21(32)20(27-24(34)35)14-17-8-6-5-7-9-17/h5-13,20-22,27,32H,14-16H2,1-4H3,(H,28,36)(H,29,33)(H,34,35)/t20-,21+,22+/m0/s1. The molecule has 13 nitrogen and oxygen atoms in total. The predicted octanol–water partition coefficient (Wildman–Crippen LogP) is 2.44. The molecule has 0 aliphatic carbocycles. The van der Waals surface area contributed by atoms with E-state index in [0.717, 1.165) is 5.56 Å². The van der Waals surface area contributed by atoms with Gasteiger partial charge in [-0.15, -0.1) is 0 Å². The molecule has 0 aliphatic heterocycles. The molecule has 0 fully saturated rings. The van der Waals surface area contributed by atoms with Gasteiger partial charge in [-0.2, -0.15) is 0 Å². The van der Waals surface area contributed by atoms with Gasteiger partial charge >= 0.3 is 12.2 Å². The summed E-state index contributed by atoms with van der Waals surface area (Å²) in [5.74, 6) is -0.604. The first-order chi connectivity index (χ1) is 18.3. The molecule has 0 bridgehead atoms. The summed E-state index contributed by atoms with van der Waals surface area (Å²) in [5, 5.41) is 37.7. The summed E-state index contributed by atoms with van der Waals surface area (Å²) in [6, 6.07) is 12.7. The number of nitrogens with one attached hydrogen (secondary N) is 3. The Bertz CT molecular complexity index is 1120. The lowest BCUT2D eigenvalue weighted by atomic mass is 9.86. The van der Waals surface area contributed by atoms with Gasteiger partial charge in [0.2, 0.25) is 0 Å². The minimum atomic E-state index is -1.32. The fourth-order valence-electron chi connectivity index (χ4n) is 3.83. The first-order valence-corrected chi connectivity index (χ1v) is 12.1. The maximum absolute atomic E-state index is 13.3. The second-order valence-electron chi connectivity index (χ2n) is 10.0. The van der Waals surface area contributed by atoms with Crippen molar-refractivity contribution < 1.29 is 34.3 Å². The highest BCUT2D eigenvalue weighted by Crippen LogP contribution is 2.20. The highest BCUT2D eigenvalue weighted by molar-refractivity contribution is 5.86. The molecule has 39 heavy (non-hydrogen) atoms. The van der Waals surface area contributed by atoms with Crippen molar-refractivity contribution in [2.24, 2.45) is 5.41 Å². The van der Waals surface area contributed by atoms with Crippen molar-refractivity contribution >= 4 is 23.8 Å². The summed E-state index contributed by atoms with van der Waals surface area (Å²) in [4.78, 5) is 47.1. The molecule has 2 aromatic carbocycles. The van der Waals surface area contributed by atoms with Gasteiger partial charge in [0.1, 0.15) is 6.04 Å². The molecule has 0 saturated heterocycles. The Morgan fingerprint density at radius 2 is 1.64 bits per heavy atom. The first-order valence-electron chi connectivity index (χ1n) is 12.1. The van der Waals surface area contributed by atoms with E-state index in [1.807, 2.05) is 6.07 Å². The zero-order chi connectivity index (χ0) is 29.2. The lowest BCUT2D eigenvalue weighted by Gasteiger charge is -2.34. The number of aliphatic hydroxyl groups is 1. The smallest absolute Gasteiger partial charge is 0.407 e. The van der Waals surface area contributed by atoms with Crippen LogP contribution in [-0.4, -0.2) is 70.1 Å². The molecule has 5 N–H and O–H groups in total. The van der Waals surface area contributed by atoms with Gasteiger partial charge in [0.15, 0.2) is 0 Å². The largest absolute Gasteiger partial charge is 0.465 e. The molecule has 2 rings (SSSR count). The number of nitrogens with zero attached hydrogens (tertiary/aromatic N) is 2. The van der Waals surface area contributed by atoms with E-state index >= 15 is 0 Å². The number of ether oxygens (including phenoxy) is 1. The number of carboxylic acid groups (broad SMARTS) is 1. The summed E-state index contributed by atoms with van der Waals surface area (Å²) in [6.07, 6.45) is -3.22. The zero-order valence-electron chi connectivity index (χ0n) is 22.3. The van der Waals surface area contributed by atoms with Crippen molar-refractivity contribution in [3.05, 3.63) is 75.8 Å². The second kappa shape index (κ2) is 14.1. The number of alkyl carbamates (subject to hydrolysis) is 1. The number of hydrogen-bond acceptors (Lipinski definition) is 8. The van der Waals surface area contributed by atoms with Gasteiger partial charge < -0.3 is 25.6 Å². The normalized spacial score (nSPS) is 13.6. The third-order valence-corrected chi connectivity index (χ3v) is 5.84. The SMILES string of the molecule is COC(=O)N[C@H](C(=O)NN(Cc1ccc([N+](=O)[O-])cc1)C[C@@H](O)[C@H](Cc1ccccc1)NC(=O)O)C(C)(C)C. The van der Waals surface area contributed by atoms with Gasteiger partial charge in [0.05, 0.1) is 24.2 Å². The number of nitro benzene ring substituents is 1. The Morgan fingerprint density at radius 1 is 1.03 bits per heavy atom. The highest BCUT2D eigenvalue weighted by atomic mass is 16.6. The van der Waals surface area contributed by atoms with E-state index in [2.05, 4.69) is 20.8 Å². The number of nitro groups is 1. The number of methoxy groups -OCH3 is 1. The van der Waals surface area contributed by atoms with Gasteiger partial charge in [-0.3, -0.25) is 20.3 Å². The van der Waals surface area contributed by atoms with Gasteiger partial charge in [-0.25, -0.2) is 14.6 Å². The second-order valence-corrected chi connectivity index (χ2v) is 10.0. The summed E-state index contributed by atoms with van der Waals surface area (Å²) in [5.41, 5.74) is 3.22. The van der Waals surface area contributed by atoms with Crippen LogP contribution >= 0.6 is 0 Å². The molecular formula is C26H35N5O8. The van der Waals surface area contributed by atoms with Crippen LogP contribution in [0.5, 0.6) is 0 Å². The van der Waals surface area contributed by atoms with E-state index in [1.165, 1.54) is 36.4 Å². The van der Waals surface area contributed by atoms with E-state index in [9.17, 15) is 34.7 Å². The topological polar surface area (TPSA) is 183 Å². The summed E-state index contributed by atoms with van der Waals surface area (Å²) < 4.78 is 4.64. The molecule has 2 aromatic rings. The number of hydrazine groups is 1. The summed E-state index contributed by atoms with van der Waals surface area (Å²) >= 11 is 0. The molecule has 13 heteroatoms. The van der Waals surface area contributed by atoms with Gasteiger partial charge in [-0.05, 0) is 23.0 Å². The van der Waals surface area contributed by atoms with Crippen LogP contribution in [0.1, 0.15) is 31.9 Å². The van der Waals surface area contributed by atoms with Crippen LogP contribution in [0.25, 0.3) is 0 Å². The molecule has 0 aromatic heterocycles. The van der Waals surface area contributed by atoms with E-state index in [-0.39, 0.29) is 25.2 Å². The third-order valence-electron chi connectivity index (χ3n) is 5.84. The number of rotatable bonds is 12. The average molecular weight is 546 g/mol. The van der Waals surface area contributed by atoms with Crippen LogP contribution in [0, 0.1) is 15.5 Å². The fourth-order valence-corrected chi connectivity index (χ4v) is 3.83. The molecule has 3 atom stereocenters. The molecule has 0 saturated carbocycles. The van der Waals surface area contributed by atoms with Crippen molar-refractivity contribution in [1.82, 2.24) is 21.1 Å². The molecule has 3 amide bonds. The van der Waals surface area contributed by atoms with Crippen LogP contribution in [-0.2, 0) is 22.5 Å². The monoisotopic (exact) mass is 545 g/mol. The number of aliphatic hydroxyl groups excluding tert-OH is 1. The van der Waals surface area contributed by atoms with Crippen LogP contribution in [0.2, 0.25) is 0 Å². The molecule has 0 spiro atoms. The van der Waals surface area contributed by atoms with E-state index in [0.29, 0.717) is 5.56 Å². The van der Waals surface area contributed by atoms with Gasteiger partial charge in [0, 0.05) is 25.2 Å². The van der Waals surface area contributed by atoms with Crippen LogP contribution in [0.3, 0.4) is 0 Å². The molecule has 0 unspecified atom stereocenters. The molecule has 0 heterocycles. The maximum atomic E-state index is 13.3. The molecule has 212 valence electrons. The van der Waals surface area contributed by atoms with Crippen LogP contribution < -0.4 is 16.1 Å². The summed E-state index contributed by atoms with van der Waals surface area (Å²) in [7, 11) is 1.17. The number of amides is 3. The van der Waals surface area contributed by atoms with E-state index < -0.39 is 46.6 Å². The Labute approximate surface area is 226 Å². The van der Waals surface area contributed by atoms with E-state index in [1.54, 1.807) is 45.0 Å². The van der Waals surface area contributed by atoms with Crippen molar-refractivity contribution in [2.75, 3.05) is 13.7 Å². The predicted molar refractivity (Wildman–Crippen MR) is 142 cm³/mol. The zero-order valence-corrected chi connectivity index (χ0v) is 22.3. The van der Waals surface area contributed by atoms with Crippen LogP contribution in [0.15, 0.2) is 54.6 Å². The lowest BCUT2D eigenvalue weighted by molar-refractivity contribution is -0.384. The quantitative estimate of drug-likeness (QED) is 0.197. The molecule has 0 aliphatic rings. The van der Waals surface area contributed by atoms with Crippen molar-refractivity contribution in [3.8, 4) is 0 Å². The Hall–Kier alpha value is -4.23. The number of carbonyl (C=O) groups excluding carboxylic acids is 2. The highest BCUT2D eigenvalue weighted by Gasteiger charge is 2.35. The Kier molecular flexibility index (Phi) is 11.2. The number of carbonyl (C=O) groups is 3. The number of hydrogen-bond donors (Lipinski definition) is 5. The number of benzene rings is 2. The minimum Gasteiger partial charge on any atom is -0.465 e. The Balaban J connectivity index is 2.32.